The Hall–Kier alpha value is -1.33. The normalized spacial score (nSPS) is 25.2. The van der Waals surface area contributed by atoms with E-state index >= 15 is 0 Å². The van der Waals surface area contributed by atoms with E-state index in [4.69, 9.17) is 0 Å². The second-order valence-electron chi connectivity index (χ2n) is 5.27. The molecule has 5 nitrogen and oxygen atoms in total. The van der Waals surface area contributed by atoms with E-state index in [2.05, 4.69) is 14.8 Å². The Morgan fingerprint density at radius 3 is 3.11 bits per heavy atom. The summed E-state index contributed by atoms with van der Waals surface area (Å²) in [7, 11) is 0. The second kappa shape index (κ2) is 4.74. The van der Waals surface area contributed by atoms with Crippen LogP contribution in [0.5, 0.6) is 5.75 Å². The first-order valence-corrected chi connectivity index (χ1v) is 6.59. The summed E-state index contributed by atoms with van der Waals surface area (Å²) in [6, 6.07) is 2.19. The minimum Gasteiger partial charge on any atom is -0.503 e. The summed E-state index contributed by atoms with van der Waals surface area (Å²) in [6.07, 6.45) is 3.99. The predicted octanol–water partition coefficient (Wildman–Crippen LogP) is 0.360. The lowest BCUT2D eigenvalue weighted by atomic mass is 10.1. The van der Waals surface area contributed by atoms with Crippen LogP contribution >= 0.6 is 0 Å². The molecule has 2 fully saturated rings. The SMILES string of the molecule is O=c1cc(CN2CCN3CCCC3C2)[nH]cc1O. The molecule has 0 aromatic carbocycles. The number of hydrogen-bond acceptors (Lipinski definition) is 4. The van der Waals surface area contributed by atoms with Gasteiger partial charge in [-0.15, -0.1) is 0 Å². The van der Waals surface area contributed by atoms with Gasteiger partial charge in [0.25, 0.3) is 0 Å². The van der Waals surface area contributed by atoms with Crippen LogP contribution in [-0.4, -0.2) is 52.1 Å². The molecule has 3 heterocycles. The third-order valence-electron chi connectivity index (χ3n) is 4.02. The maximum Gasteiger partial charge on any atom is 0.223 e. The molecular formula is C13H19N3O2. The fraction of sp³-hybridized carbons (Fsp3) is 0.615. The predicted molar refractivity (Wildman–Crippen MR) is 68.6 cm³/mol. The average Bonchev–Trinajstić information content (AvgIpc) is 2.81. The number of H-pyrrole nitrogens is 1. The van der Waals surface area contributed by atoms with Crippen LogP contribution in [0.3, 0.4) is 0 Å². The fourth-order valence-corrected chi connectivity index (χ4v) is 3.04. The van der Waals surface area contributed by atoms with E-state index in [9.17, 15) is 9.90 Å². The number of hydrogen-bond donors (Lipinski definition) is 2. The van der Waals surface area contributed by atoms with Gasteiger partial charge in [-0.2, -0.15) is 0 Å². The first-order chi connectivity index (χ1) is 8.72. The van der Waals surface area contributed by atoms with Gasteiger partial charge in [-0.3, -0.25) is 14.6 Å². The van der Waals surface area contributed by atoms with E-state index in [-0.39, 0.29) is 11.2 Å². The summed E-state index contributed by atoms with van der Waals surface area (Å²) in [6.45, 7) is 5.28. The van der Waals surface area contributed by atoms with Crippen molar-refractivity contribution in [1.82, 2.24) is 14.8 Å². The lowest BCUT2D eigenvalue weighted by Gasteiger charge is -2.37. The molecule has 2 aliphatic heterocycles. The number of aromatic nitrogens is 1. The van der Waals surface area contributed by atoms with Crippen LogP contribution < -0.4 is 5.43 Å². The van der Waals surface area contributed by atoms with Gasteiger partial charge in [0.05, 0.1) is 0 Å². The van der Waals surface area contributed by atoms with E-state index in [1.54, 1.807) is 0 Å². The highest BCUT2D eigenvalue weighted by Crippen LogP contribution is 2.22. The minimum atomic E-state index is -0.303. The lowest BCUT2D eigenvalue weighted by Crippen LogP contribution is -2.49. The third-order valence-corrected chi connectivity index (χ3v) is 4.02. The molecule has 0 amide bonds. The summed E-state index contributed by atoms with van der Waals surface area (Å²) in [5.74, 6) is -0.209. The largest absolute Gasteiger partial charge is 0.503 e. The smallest absolute Gasteiger partial charge is 0.223 e. The van der Waals surface area contributed by atoms with Crippen LogP contribution in [0.4, 0.5) is 0 Å². The zero-order valence-electron chi connectivity index (χ0n) is 10.4. The Kier molecular flexibility index (Phi) is 3.09. The van der Waals surface area contributed by atoms with Gasteiger partial charge in [-0.05, 0) is 19.4 Å². The Morgan fingerprint density at radius 1 is 1.39 bits per heavy atom. The van der Waals surface area contributed by atoms with Gasteiger partial charge in [0.1, 0.15) is 0 Å². The van der Waals surface area contributed by atoms with Crippen molar-refractivity contribution in [1.29, 1.82) is 0 Å². The minimum absolute atomic E-state index is 0.209. The van der Waals surface area contributed by atoms with Crippen molar-refractivity contribution in [3.05, 3.63) is 28.2 Å². The molecule has 1 atom stereocenters. The maximum absolute atomic E-state index is 11.4. The summed E-state index contributed by atoms with van der Waals surface area (Å²) < 4.78 is 0. The highest BCUT2D eigenvalue weighted by molar-refractivity contribution is 5.18. The first kappa shape index (κ1) is 11.7. The molecule has 0 bridgehead atoms. The third kappa shape index (κ3) is 2.28. The molecule has 1 aromatic rings. The fourth-order valence-electron chi connectivity index (χ4n) is 3.04. The second-order valence-corrected chi connectivity index (χ2v) is 5.27. The molecule has 1 unspecified atom stereocenters. The molecule has 0 saturated carbocycles. The molecule has 2 aliphatic rings. The highest BCUT2D eigenvalue weighted by atomic mass is 16.3. The topological polar surface area (TPSA) is 59.6 Å². The van der Waals surface area contributed by atoms with Gasteiger partial charge in [0.15, 0.2) is 5.75 Å². The molecule has 5 heteroatoms. The summed E-state index contributed by atoms with van der Waals surface area (Å²) >= 11 is 0. The number of piperazine rings is 1. The van der Waals surface area contributed by atoms with Gasteiger partial charge in [-0.1, -0.05) is 0 Å². The van der Waals surface area contributed by atoms with Crippen molar-refractivity contribution in [3.8, 4) is 5.75 Å². The number of aromatic amines is 1. The molecule has 1 aromatic heterocycles. The Bertz CT molecular complexity index is 485. The molecular weight excluding hydrogens is 230 g/mol. The number of nitrogens with zero attached hydrogens (tertiary/aromatic N) is 2. The first-order valence-electron chi connectivity index (χ1n) is 6.59. The van der Waals surface area contributed by atoms with Gasteiger partial charge in [0, 0.05) is 50.2 Å². The van der Waals surface area contributed by atoms with Crippen molar-refractivity contribution < 1.29 is 5.11 Å². The Balaban J connectivity index is 1.66. The van der Waals surface area contributed by atoms with E-state index in [1.165, 1.54) is 31.6 Å². The van der Waals surface area contributed by atoms with Crippen molar-refractivity contribution in [2.24, 2.45) is 0 Å². The maximum atomic E-state index is 11.4. The van der Waals surface area contributed by atoms with Crippen molar-refractivity contribution in [2.45, 2.75) is 25.4 Å². The number of rotatable bonds is 2. The van der Waals surface area contributed by atoms with E-state index in [0.717, 1.165) is 31.9 Å². The standard InChI is InChI=1S/C13H19N3O2/c17-12-6-10(14-7-13(12)18)8-15-4-5-16-3-1-2-11(16)9-15/h6-7,11,18H,1-5,8-9H2,(H,14,17). The van der Waals surface area contributed by atoms with Crippen LogP contribution in [0.1, 0.15) is 18.5 Å². The summed E-state index contributed by atoms with van der Waals surface area (Å²) in [5, 5.41) is 9.21. The van der Waals surface area contributed by atoms with Crippen molar-refractivity contribution >= 4 is 0 Å². The van der Waals surface area contributed by atoms with Crippen LogP contribution in [0.25, 0.3) is 0 Å². The van der Waals surface area contributed by atoms with E-state index < -0.39 is 0 Å². The van der Waals surface area contributed by atoms with Gasteiger partial charge in [0.2, 0.25) is 5.43 Å². The Labute approximate surface area is 106 Å². The number of aromatic hydroxyl groups is 1. The summed E-state index contributed by atoms with van der Waals surface area (Å²) in [5.41, 5.74) is 0.576. The van der Waals surface area contributed by atoms with Crippen LogP contribution in [-0.2, 0) is 6.54 Å². The van der Waals surface area contributed by atoms with Crippen molar-refractivity contribution in [2.75, 3.05) is 26.2 Å². The average molecular weight is 249 g/mol. The van der Waals surface area contributed by atoms with Crippen LogP contribution in [0.15, 0.2) is 17.1 Å². The monoisotopic (exact) mass is 249 g/mol. The zero-order valence-corrected chi connectivity index (χ0v) is 10.4. The number of fused-ring (bicyclic) bond motifs is 1. The molecule has 18 heavy (non-hydrogen) atoms. The molecule has 0 aliphatic carbocycles. The molecule has 3 rings (SSSR count). The zero-order chi connectivity index (χ0) is 12.5. The van der Waals surface area contributed by atoms with Gasteiger partial charge < -0.3 is 10.1 Å². The Morgan fingerprint density at radius 2 is 2.28 bits per heavy atom. The van der Waals surface area contributed by atoms with Gasteiger partial charge in [-0.25, -0.2) is 0 Å². The van der Waals surface area contributed by atoms with Crippen molar-refractivity contribution in [3.63, 3.8) is 0 Å². The molecule has 2 N–H and O–H groups in total. The number of nitrogens with one attached hydrogen (secondary N) is 1. The molecule has 98 valence electrons. The molecule has 0 radical (unpaired) electrons. The lowest BCUT2D eigenvalue weighted by molar-refractivity contribution is 0.0984. The van der Waals surface area contributed by atoms with Crippen LogP contribution in [0, 0.1) is 0 Å². The molecule has 0 spiro atoms. The quantitative estimate of drug-likeness (QED) is 0.794. The van der Waals surface area contributed by atoms with Gasteiger partial charge >= 0.3 is 0 Å². The van der Waals surface area contributed by atoms with Crippen LogP contribution in [0.2, 0.25) is 0 Å². The van der Waals surface area contributed by atoms with E-state index in [0.29, 0.717) is 6.04 Å². The summed E-state index contributed by atoms with van der Waals surface area (Å²) in [4.78, 5) is 19.3. The number of pyridine rings is 1. The molecule has 2 saturated heterocycles. The van der Waals surface area contributed by atoms with E-state index in [1.807, 2.05) is 0 Å². The highest BCUT2D eigenvalue weighted by Gasteiger charge is 2.30.